The number of ether oxygens (including phenoxy) is 1. The van der Waals surface area contributed by atoms with Gasteiger partial charge < -0.3 is 4.74 Å². The van der Waals surface area contributed by atoms with Crippen molar-refractivity contribution in [3.05, 3.63) is 52.2 Å². The number of rotatable bonds is 7. The number of aromatic nitrogens is 2. The zero-order valence-electron chi connectivity index (χ0n) is 12.9. The third-order valence-corrected chi connectivity index (χ3v) is 6.10. The minimum absolute atomic E-state index is 0.0535. The topological polar surface area (TPSA) is 64.1 Å². The summed E-state index contributed by atoms with van der Waals surface area (Å²) in [6, 6.07) is 11.7. The SMILES string of the molecule is Cc1ccccc1OCC(=O)Nc1nnc(SCc2cccs2)s1. The van der Waals surface area contributed by atoms with Gasteiger partial charge in [0.25, 0.3) is 5.91 Å². The van der Waals surface area contributed by atoms with E-state index >= 15 is 0 Å². The number of para-hydroxylation sites is 1. The monoisotopic (exact) mass is 377 g/mol. The normalized spacial score (nSPS) is 10.5. The summed E-state index contributed by atoms with van der Waals surface area (Å²) in [5, 5.41) is 13.3. The Hall–Kier alpha value is -1.90. The van der Waals surface area contributed by atoms with Crippen molar-refractivity contribution in [2.75, 3.05) is 11.9 Å². The van der Waals surface area contributed by atoms with Gasteiger partial charge in [-0.2, -0.15) is 0 Å². The summed E-state index contributed by atoms with van der Waals surface area (Å²) >= 11 is 4.69. The van der Waals surface area contributed by atoms with E-state index in [0.717, 1.165) is 15.7 Å². The molecule has 0 spiro atoms. The van der Waals surface area contributed by atoms with Crippen LogP contribution in [-0.2, 0) is 10.5 Å². The van der Waals surface area contributed by atoms with Gasteiger partial charge in [-0.15, -0.1) is 21.5 Å². The van der Waals surface area contributed by atoms with E-state index in [2.05, 4.69) is 27.0 Å². The zero-order chi connectivity index (χ0) is 16.8. The van der Waals surface area contributed by atoms with Crippen LogP contribution in [0, 0.1) is 6.92 Å². The second kappa shape index (κ2) is 8.27. The molecule has 0 aliphatic heterocycles. The summed E-state index contributed by atoms with van der Waals surface area (Å²) in [6.45, 7) is 1.89. The van der Waals surface area contributed by atoms with Gasteiger partial charge in [-0.1, -0.05) is 47.4 Å². The molecule has 3 rings (SSSR count). The van der Waals surface area contributed by atoms with E-state index in [0.29, 0.717) is 10.9 Å². The Balaban J connectivity index is 1.47. The highest BCUT2D eigenvalue weighted by molar-refractivity contribution is 8.00. The second-order valence-electron chi connectivity index (χ2n) is 4.84. The lowest BCUT2D eigenvalue weighted by atomic mass is 10.2. The number of nitrogens with zero attached hydrogens (tertiary/aromatic N) is 2. The molecular formula is C16H15N3O2S3. The number of hydrogen-bond donors (Lipinski definition) is 1. The number of aryl methyl sites for hydroxylation is 1. The van der Waals surface area contributed by atoms with Crippen molar-refractivity contribution < 1.29 is 9.53 Å². The van der Waals surface area contributed by atoms with Gasteiger partial charge in [-0.25, -0.2) is 0 Å². The molecule has 24 heavy (non-hydrogen) atoms. The fourth-order valence-corrected chi connectivity index (χ4v) is 4.40. The number of nitrogens with one attached hydrogen (secondary N) is 1. The number of carbonyl (C=O) groups excluding carboxylic acids is 1. The minimum Gasteiger partial charge on any atom is -0.483 e. The van der Waals surface area contributed by atoms with Crippen LogP contribution in [0.2, 0.25) is 0 Å². The highest BCUT2D eigenvalue weighted by Gasteiger charge is 2.10. The molecule has 0 saturated carbocycles. The lowest BCUT2D eigenvalue weighted by molar-refractivity contribution is -0.118. The molecule has 2 heterocycles. The van der Waals surface area contributed by atoms with E-state index in [1.54, 1.807) is 23.1 Å². The fraction of sp³-hybridized carbons (Fsp3) is 0.188. The number of thioether (sulfide) groups is 1. The predicted molar refractivity (Wildman–Crippen MR) is 99.1 cm³/mol. The van der Waals surface area contributed by atoms with E-state index in [4.69, 9.17) is 4.74 Å². The Morgan fingerprint density at radius 3 is 2.92 bits per heavy atom. The highest BCUT2D eigenvalue weighted by atomic mass is 32.2. The maximum Gasteiger partial charge on any atom is 0.264 e. The van der Waals surface area contributed by atoms with Crippen LogP contribution in [0.25, 0.3) is 0 Å². The molecule has 0 aliphatic carbocycles. The van der Waals surface area contributed by atoms with Crippen molar-refractivity contribution in [1.29, 1.82) is 0 Å². The van der Waals surface area contributed by atoms with Crippen molar-refractivity contribution in [3.8, 4) is 5.75 Å². The van der Waals surface area contributed by atoms with Crippen LogP contribution in [0.15, 0.2) is 46.1 Å². The van der Waals surface area contributed by atoms with Gasteiger partial charge >= 0.3 is 0 Å². The number of anilines is 1. The maximum absolute atomic E-state index is 11.9. The van der Waals surface area contributed by atoms with Crippen LogP contribution in [-0.4, -0.2) is 22.7 Å². The highest BCUT2D eigenvalue weighted by Crippen LogP contribution is 2.29. The van der Waals surface area contributed by atoms with Crippen LogP contribution in [0.4, 0.5) is 5.13 Å². The Bertz CT molecular complexity index is 803. The van der Waals surface area contributed by atoms with Gasteiger partial charge in [-0.3, -0.25) is 10.1 Å². The van der Waals surface area contributed by atoms with E-state index in [9.17, 15) is 4.79 Å². The Labute approximate surface area is 152 Å². The molecule has 0 saturated heterocycles. The molecule has 3 aromatic rings. The minimum atomic E-state index is -0.246. The first-order valence-corrected chi connectivity index (χ1v) is 9.86. The van der Waals surface area contributed by atoms with Gasteiger partial charge in [0.15, 0.2) is 10.9 Å². The first-order valence-electron chi connectivity index (χ1n) is 7.17. The van der Waals surface area contributed by atoms with Gasteiger partial charge in [0, 0.05) is 10.6 Å². The van der Waals surface area contributed by atoms with Crippen LogP contribution in [0.3, 0.4) is 0 Å². The number of amides is 1. The van der Waals surface area contributed by atoms with Crippen molar-refractivity contribution in [1.82, 2.24) is 10.2 Å². The molecule has 0 atom stereocenters. The summed E-state index contributed by atoms with van der Waals surface area (Å²) in [7, 11) is 0. The third kappa shape index (κ3) is 4.80. The molecule has 124 valence electrons. The average molecular weight is 378 g/mol. The van der Waals surface area contributed by atoms with E-state index in [-0.39, 0.29) is 12.5 Å². The summed E-state index contributed by atoms with van der Waals surface area (Å²) in [4.78, 5) is 13.2. The summed E-state index contributed by atoms with van der Waals surface area (Å²) in [5.41, 5.74) is 0.994. The fourth-order valence-electron chi connectivity index (χ4n) is 1.86. The van der Waals surface area contributed by atoms with Crippen molar-refractivity contribution in [2.24, 2.45) is 0 Å². The van der Waals surface area contributed by atoms with Crippen molar-refractivity contribution >= 4 is 45.5 Å². The quantitative estimate of drug-likeness (QED) is 0.493. The lowest BCUT2D eigenvalue weighted by Crippen LogP contribution is -2.20. The molecule has 0 fully saturated rings. The van der Waals surface area contributed by atoms with Crippen LogP contribution in [0.1, 0.15) is 10.4 Å². The molecular weight excluding hydrogens is 362 g/mol. The average Bonchev–Trinajstić information content (AvgIpc) is 3.24. The zero-order valence-corrected chi connectivity index (χ0v) is 15.3. The predicted octanol–water partition coefficient (Wildman–Crippen LogP) is 4.22. The molecule has 5 nitrogen and oxygen atoms in total. The number of thiophene rings is 1. The first-order chi connectivity index (χ1) is 11.7. The van der Waals surface area contributed by atoms with Crippen LogP contribution in [0.5, 0.6) is 5.75 Å². The van der Waals surface area contributed by atoms with E-state index in [1.165, 1.54) is 16.2 Å². The molecule has 1 amide bonds. The summed E-state index contributed by atoms with van der Waals surface area (Å²) in [6.07, 6.45) is 0. The Morgan fingerprint density at radius 2 is 2.12 bits per heavy atom. The van der Waals surface area contributed by atoms with Crippen LogP contribution >= 0.6 is 34.4 Å². The standard InChI is InChI=1S/C16H15N3O2S3/c1-11-5-2-3-7-13(11)21-9-14(20)17-15-18-19-16(24-15)23-10-12-6-4-8-22-12/h2-8H,9-10H2,1H3,(H,17,18,20). The molecule has 0 bridgehead atoms. The molecule has 0 radical (unpaired) electrons. The van der Waals surface area contributed by atoms with Gasteiger partial charge in [0.2, 0.25) is 5.13 Å². The molecule has 1 aromatic carbocycles. The summed E-state index contributed by atoms with van der Waals surface area (Å²) in [5.74, 6) is 1.32. The summed E-state index contributed by atoms with van der Waals surface area (Å²) < 4.78 is 6.35. The van der Waals surface area contributed by atoms with Crippen molar-refractivity contribution in [3.63, 3.8) is 0 Å². The second-order valence-corrected chi connectivity index (χ2v) is 8.08. The van der Waals surface area contributed by atoms with Gasteiger partial charge in [0.05, 0.1) is 0 Å². The Kier molecular flexibility index (Phi) is 5.84. The maximum atomic E-state index is 11.9. The molecule has 2 aromatic heterocycles. The molecule has 1 N–H and O–H groups in total. The first kappa shape index (κ1) is 16.9. The number of carbonyl (C=O) groups is 1. The van der Waals surface area contributed by atoms with Gasteiger partial charge in [-0.05, 0) is 30.0 Å². The largest absolute Gasteiger partial charge is 0.483 e. The molecule has 0 unspecified atom stereocenters. The third-order valence-electron chi connectivity index (χ3n) is 3.02. The van der Waals surface area contributed by atoms with Crippen molar-refractivity contribution in [2.45, 2.75) is 17.0 Å². The van der Waals surface area contributed by atoms with Crippen LogP contribution < -0.4 is 10.1 Å². The van der Waals surface area contributed by atoms with Gasteiger partial charge in [0.1, 0.15) is 5.75 Å². The molecule has 8 heteroatoms. The number of hydrogen-bond acceptors (Lipinski definition) is 7. The number of benzene rings is 1. The smallest absolute Gasteiger partial charge is 0.264 e. The lowest BCUT2D eigenvalue weighted by Gasteiger charge is -2.07. The molecule has 0 aliphatic rings. The van der Waals surface area contributed by atoms with E-state index in [1.807, 2.05) is 37.3 Å². The van der Waals surface area contributed by atoms with E-state index < -0.39 is 0 Å². The Morgan fingerprint density at radius 1 is 1.25 bits per heavy atom.